The summed E-state index contributed by atoms with van der Waals surface area (Å²) in [4.78, 5) is 7.63. The summed E-state index contributed by atoms with van der Waals surface area (Å²) < 4.78 is 0. The molecule has 1 aromatic carbocycles. The first kappa shape index (κ1) is 11.9. The van der Waals surface area contributed by atoms with Crippen molar-refractivity contribution >= 4 is 5.71 Å². The van der Waals surface area contributed by atoms with Gasteiger partial charge in [-0.25, -0.2) is 0 Å². The molecular formula is C16H22N2. The molecule has 2 aliphatic heterocycles. The summed E-state index contributed by atoms with van der Waals surface area (Å²) in [5, 5.41) is 0. The molecule has 3 atom stereocenters. The van der Waals surface area contributed by atoms with Crippen LogP contribution in [-0.2, 0) is 0 Å². The Bertz CT molecular complexity index is 461. The Morgan fingerprint density at radius 3 is 2.61 bits per heavy atom. The molecular weight excluding hydrogens is 220 g/mol. The summed E-state index contributed by atoms with van der Waals surface area (Å²) in [6.07, 6.45) is 1.30. The highest BCUT2D eigenvalue weighted by molar-refractivity contribution is 5.98. The predicted octanol–water partition coefficient (Wildman–Crippen LogP) is 3.30. The van der Waals surface area contributed by atoms with E-state index in [0.717, 1.165) is 0 Å². The number of aliphatic imine (C=N–C) groups is 1. The number of fused-ring (bicyclic) bond motifs is 2. The van der Waals surface area contributed by atoms with Crippen molar-refractivity contribution in [1.82, 2.24) is 4.90 Å². The van der Waals surface area contributed by atoms with Crippen LogP contribution < -0.4 is 0 Å². The highest BCUT2D eigenvalue weighted by Gasteiger charge is 2.48. The van der Waals surface area contributed by atoms with E-state index in [2.05, 4.69) is 56.0 Å². The van der Waals surface area contributed by atoms with Crippen LogP contribution in [0.5, 0.6) is 0 Å². The summed E-state index contributed by atoms with van der Waals surface area (Å²) >= 11 is 0. The van der Waals surface area contributed by atoms with Crippen LogP contribution >= 0.6 is 0 Å². The molecule has 2 nitrogen and oxygen atoms in total. The van der Waals surface area contributed by atoms with Crippen LogP contribution in [0.25, 0.3) is 0 Å². The van der Waals surface area contributed by atoms with Crippen LogP contribution in [0.1, 0.15) is 38.8 Å². The monoisotopic (exact) mass is 242 g/mol. The molecule has 2 heteroatoms. The standard InChI is InChI=1S/C16H22N2/c1-12(13-7-5-4-6-8-13)17-15-14-9-10-18(11-14)16(15,2)3/h4-8,12,14H,9-11H2,1-3H3/t12-,14?/m1/s1. The molecule has 0 N–H and O–H groups in total. The maximum atomic E-state index is 5.06. The molecule has 3 rings (SSSR count). The molecule has 2 fully saturated rings. The average Bonchev–Trinajstić information content (AvgIpc) is 2.93. The molecule has 2 saturated heterocycles. The van der Waals surface area contributed by atoms with Crippen molar-refractivity contribution in [1.29, 1.82) is 0 Å². The Hall–Kier alpha value is -1.15. The van der Waals surface area contributed by atoms with Gasteiger partial charge in [-0.15, -0.1) is 0 Å². The molecule has 0 aromatic heterocycles. The SMILES string of the molecule is C[C@@H](N=C1C2CCN(C2)C1(C)C)c1ccccc1. The molecule has 0 saturated carbocycles. The zero-order valence-electron chi connectivity index (χ0n) is 11.6. The molecule has 0 amide bonds. The first-order valence-corrected chi connectivity index (χ1v) is 6.97. The van der Waals surface area contributed by atoms with Crippen molar-refractivity contribution in [2.75, 3.05) is 13.1 Å². The number of piperidine rings is 1. The van der Waals surface area contributed by atoms with E-state index in [0.29, 0.717) is 5.92 Å². The number of nitrogens with zero attached hydrogens (tertiary/aromatic N) is 2. The van der Waals surface area contributed by atoms with E-state index in [4.69, 9.17) is 4.99 Å². The van der Waals surface area contributed by atoms with Crippen LogP contribution in [0.3, 0.4) is 0 Å². The zero-order valence-corrected chi connectivity index (χ0v) is 11.6. The molecule has 96 valence electrons. The number of hydrogen-bond donors (Lipinski definition) is 0. The van der Waals surface area contributed by atoms with Crippen LogP contribution in [-0.4, -0.2) is 29.2 Å². The molecule has 2 aliphatic rings. The molecule has 0 spiro atoms. The van der Waals surface area contributed by atoms with E-state index < -0.39 is 0 Å². The molecule has 0 aliphatic carbocycles. The van der Waals surface area contributed by atoms with E-state index in [1.165, 1.54) is 30.8 Å². The normalized spacial score (nSPS) is 32.9. The number of hydrogen-bond acceptors (Lipinski definition) is 2. The van der Waals surface area contributed by atoms with Crippen molar-refractivity contribution in [2.24, 2.45) is 10.9 Å². The number of benzene rings is 1. The van der Waals surface area contributed by atoms with E-state index in [1.54, 1.807) is 0 Å². The maximum absolute atomic E-state index is 5.06. The van der Waals surface area contributed by atoms with Gasteiger partial charge in [-0.3, -0.25) is 9.89 Å². The van der Waals surface area contributed by atoms with E-state index in [-0.39, 0.29) is 11.6 Å². The molecule has 18 heavy (non-hydrogen) atoms. The minimum atomic E-state index is 0.173. The predicted molar refractivity (Wildman–Crippen MR) is 76.1 cm³/mol. The van der Waals surface area contributed by atoms with Gasteiger partial charge in [-0.1, -0.05) is 30.3 Å². The Kier molecular flexibility index (Phi) is 2.78. The van der Waals surface area contributed by atoms with Gasteiger partial charge in [0.1, 0.15) is 0 Å². The highest BCUT2D eigenvalue weighted by Crippen LogP contribution is 2.39. The van der Waals surface area contributed by atoms with Gasteiger partial charge in [0.15, 0.2) is 0 Å². The van der Waals surface area contributed by atoms with Crippen LogP contribution in [0.15, 0.2) is 35.3 Å². The van der Waals surface area contributed by atoms with Crippen molar-refractivity contribution in [3.8, 4) is 0 Å². The van der Waals surface area contributed by atoms with E-state index in [9.17, 15) is 0 Å². The Morgan fingerprint density at radius 2 is 2.00 bits per heavy atom. The van der Waals surface area contributed by atoms with E-state index in [1.807, 2.05) is 0 Å². The zero-order chi connectivity index (χ0) is 12.8. The lowest BCUT2D eigenvalue weighted by atomic mass is 9.88. The first-order valence-electron chi connectivity index (χ1n) is 6.97. The van der Waals surface area contributed by atoms with Crippen molar-refractivity contribution in [2.45, 2.75) is 38.8 Å². The van der Waals surface area contributed by atoms with Gasteiger partial charge in [-0.2, -0.15) is 0 Å². The first-order chi connectivity index (χ1) is 8.59. The fourth-order valence-electron chi connectivity index (χ4n) is 3.43. The fourth-order valence-corrected chi connectivity index (χ4v) is 3.43. The Morgan fingerprint density at radius 1 is 1.28 bits per heavy atom. The summed E-state index contributed by atoms with van der Waals surface area (Å²) in [7, 11) is 0. The summed E-state index contributed by atoms with van der Waals surface area (Å²) in [5.41, 5.74) is 2.91. The second-order valence-electron chi connectivity index (χ2n) is 6.09. The van der Waals surface area contributed by atoms with Crippen molar-refractivity contribution < 1.29 is 0 Å². The Labute approximate surface area is 110 Å². The van der Waals surface area contributed by atoms with Crippen LogP contribution in [0.4, 0.5) is 0 Å². The lowest BCUT2D eigenvalue weighted by molar-refractivity contribution is 0.239. The van der Waals surface area contributed by atoms with Gasteiger partial charge in [0, 0.05) is 18.2 Å². The lowest BCUT2D eigenvalue weighted by Gasteiger charge is -2.34. The summed E-state index contributed by atoms with van der Waals surface area (Å²) in [6.45, 7) is 9.31. The van der Waals surface area contributed by atoms with Gasteiger partial charge in [0.05, 0.1) is 11.6 Å². The third-order valence-electron chi connectivity index (χ3n) is 4.61. The topological polar surface area (TPSA) is 15.6 Å². The van der Waals surface area contributed by atoms with Gasteiger partial charge < -0.3 is 0 Å². The molecule has 1 aromatic rings. The van der Waals surface area contributed by atoms with Crippen molar-refractivity contribution in [3.63, 3.8) is 0 Å². The highest BCUT2D eigenvalue weighted by atomic mass is 15.3. The fraction of sp³-hybridized carbons (Fsp3) is 0.562. The molecule has 2 bridgehead atoms. The van der Waals surface area contributed by atoms with Crippen molar-refractivity contribution in [3.05, 3.63) is 35.9 Å². The van der Waals surface area contributed by atoms with Gasteiger partial charge in [0.25, 0.3) is 0 Å². The quantitative estimate of drug-likeness (QED) is 0.777. The van der Waals surface area contributed by atoms with Crippen LogP contribution in [0, 0.1) is 5.92 Å². The lowest BCUT2D eigenvalue weighted by Crippen LogP contribution is -2.45. The average molecular weight is 242 g/mol. The number of rotatable bonds is 2. The minimum absolute atomic E-state index is 0.173. The Balaban J connectivity index is 1.89. The van der Waals surface area contributed by atoms with Gasteiger partial charge in [-0.05, 0) is 39.3 Å². The maximum Gasteiger partial charge on any atom is 0.0721 e. The minimum Gasteiger partial charge on any atom is -0.292 e. The largest absolute Gasteiger partial charge is 0.292 e. The summed E-state index contributed by atoms with van der Waals surface area (Å²) in [6, 6.07) is 10.9. The second-order valence-corrected chi connectivity index (χ2v) is 6.09. The third kappa shape index (κ3) is 1.79. The molecule has 2 heterocycles. The third-order valence-corrected chi connectivity index (χ3v) is 4.61. The molecule has 2 unspecified atom stereocenters. The summed E-state index contributed by atoms with van der Waals surface area (Å²) in [5.74, 6) is 0.700. The van der Waals surface area contributed by atoms with Gasteiger partial charge >= 0.3 is 0 Å². The molecule has 0 radical (unpaired) electrons. The second kappa shape index (κ2) is 4.20. The van der Waals surface area contributed by atoms with E-state index >= 15 is 0 Å². The smallest absolute Gasteiger partial charge is 0.0721 e. The van der Waals surface area contributed by atoms with Crippen LogP contribution in [0.2, 0.25) is 0 Å². The van der Waals surface area contributed by atoms with Gasteiger partial charge in [0.2, 0.25) is 0 Å².